The minimum Gasteiger partial charge on any atom is -0.319 e. The normalized spacial score (nSPS) is 19.0. The van der Waals surface area contributed by atoms with Crippen LogP contribution >= 0.6 is 0 Å². The Morgan fingerprint density at radius 3 is 2.24 bits per heavy atom. The maximum absolute atomic E-state index is 3.37. The van der Waals surface area contributed by atoms with Crippen LogP contribution in [0, 0.1) is 11.3 Å². The molecule has 0 aliphatic heterocycles. The van der Waals surface area contributed by atoms with Gasteiger partial charge >= 0.3 is 0 Å². The topological polar surface area (TPSA) is 12.0 Å². The molecule has 0 bridgehead atoms. The fourth-order valence-corrected chi connectivity index (χ4v) is 2.89. The van der Waals surface area contributed by atoms with Gasteiger partial charge in [-0.25, -0.2) is 0 Å². The van der Waals surface area contributed by atoms with E-state index in [9.17, 15) is 0 Å². The predicted molar refractivity (Wildman–Crippen MR) is 74.3 cm³/mol. The lowest BCUT2D eigenvalue weighted by Gasteiger charge is -2.29. The molecule has 1 aliphatic rings. The summed E-state index contributed by atoms with van der Waals surface area (Å²) in [5, 5.41) is 3.37. The second-order valence-electron chi connectivity index (χ2n) is 5.81. The lowest BCUT2D eigenvalue weighted by atomic mass is 9.79. The third-order valence-corrected chi connectivity index (χ3v) is 4.18. The van der Waals surface area contributed by atoms with Gasteiger partial charge in [-0.05, 0) is 55.2 Å². The van der Waals surface area contributed by atoms with Crippen LogP contribution in [-0.4, -0.2) is 13.6 Å². The van der Waals surface area contributed by atoms with E-state index >= 15 is 0 Å². The van der Waals surface area contributed by atoms with Gasteiger partial charge < -0.3 is 5.32 Å². The molecule has 0 heterocycles. The lowest BCUT2D eigenvalue weighted by molar-refractivity contribution is 0.263. The van der Waals surface area contributed by atoms with Crippen molar-refractivity contribution in [3.63, 3.8) is 0 Å². The molecule has 0 amide bonds. The zero-order valence-corrected chi connectivity index (χ0v) is 11.4. The average molecular weight is 231 g/mol. The van der Waals surface area contributed by atoms with Crippen LogP contribution < -0.4 is 5.32 Å². The third kappa shape index (κ3) is 3.10. The van der Waals surface area contributed by atoms with Crippen LogP contribution in [0.15, 0.2) is 24.3 Å². The van der Waals surface area contributed by atoms with Crippen molar-refractivity contribution in [2.75, 3.05) is 13.6 Å². The lowest BCUT2D eigenvalue weighted by Crippen LogP contribution is -2.33. The molecule has 1 nitrogen and oxygen atoms in total. The van der Waals surface area contributed by atoms with Crippen LogP contribution in [-0.2, 0) is 12.8 Å². The van der Waals surface area contributed by atoms with E-state index in [0.717, 1.165) is 18.9 Å². The van der Waals surface area contributed by atoms with Gasteiger partial charge in [-0.2, -0.15) is 0 Å². The number of nitrogens with one attached hydrogen (secondary N) is 1. The Kier molecular flexibility index (Phi) is 3.88. The van der Waals surface area contributed by atoms with Crippen LogP contribution in [0.25, 0.3) is 0 Å². The van der Waals surface area contributed by atoms with E-state index in [1.54, 1.807) is 0 Å². The van der Waals surface area contributed by atoms with E-state index in [0.29, 0.717) is 5.41 Å². The number of hydrogen-bond donors (Lipinski definition) is 1. The first-order valence-corrected chi connectivity index (χ1v) is 6.90. The highest BCUT2D eigenvalue weighted by atomic mass is 14.8. The number of hydrogen-bond acceptors (Lipinski definition) is 1. The monoisotopic (exact) mass is 231 g/mol. The molecular formula is C16H25N. The molecule has 1 aromatic rings. The van der Waals surface area contributed by atoms with Gasteiger partial charge in [-0.1, -0.05) is 38.1 Å². The van der Waals surface area contributed by atoms with Crippen molar-refractivity contribution in [1.29, 1.82) is 0 Å². The fourth-order valence-electron chi connectivity index (χ4n) is 2.89. The second kappa shape index (κ2) is 5.22. The largest absolute Gasteiger partial charge is 0.319 e. The van der Waals surface area contributed by atoms with Crippen molar-refractivity contribution in [2.24, 2.45) is 11.3 Å². The van der Waals surface area contributed by atoms with Crippen molar-refractivity contribution >= 4 is 0 Å². The zero-order chi connectivity index (χ0) is 12.3. The summed E-state index contributed by atoms with van der Waals surface area (Å²) in [7, 11) is 2.07. The van der Waals surface area contributed by atoms with Crippen LogP contribution in [0.3, 0.4) is 0 Å². The van der Waals surface area contributed by atoms with Gasteiger partial charge in [0.15, 0.2) is 0 Å². The summed E-state index contributed by atoms with van der Waals surface area (Å²) in [5.74, 6) is 0.931. The van der Waals surface area contributed by atoms with Gasteiger partial charge in [0.1, 0.15) is 0 Å². The summed E-state index contributed by atoms with van der Waals surface area (Å²) in [6.07, 6.45) is 5.19. The van der Waals surface area contributed by atoms with Crippen molar-refractivity contribution in [1.82, 2.24) is 5.32 Å². The fraction of sp³-hybridized carbons (Fsp3) is 0.625. The Morgan fingerprint density at radius 1 is 1.18 bits per heavy atom. The summed E-state index contributed by atoms with van der Waals surface area (Å²) < 4.78 is 0. The summed E-state index contributed by atoms with van der Waals surface area (Å²) in [4.78, 5) is 0. The summed E-state index contributed by atoms with van der Waals surface area (Å²) >= 11 is 0. The molecule has 94 valence electrons. The first kappa shape index (κ1) is 12.6. The minimum atomic E-state index is 0.447. The van der Waals surface area contributed by atoms with Crippen LogP contribution in [0.1, 0.15) is 37.8 Å². The van der Waals surface area contributed by atoms with Gasteiger partial charge in [-0.15, -0.1) is 0 Å². The first-order valence-electron chi connectivity index (χ1n) is 6.90. The highest BCUT2D eigenvalue weighted by molar-refractivity contribution is 5.24. The number of benzene rings is 1. The van der Waals surface area contributed by atoms with Crippen LogP contribution in [0.4, 0.5) is 0 Å². The highest BCUT2D eigenvalue weighted by Gasteiger charge is 2.40. The zero-order valence-electron chi connectivity index (χ0n) is 11.4. The van der Waals surface area contributed by atoms with Gasteiger partial charge in [0.25, 0.3) is 0 Å². The number of aryl methyl sites for hydroxylation is 1. The molecule has 1 unspecified atom stereocenters. The first-order chi connectivity index (χ1) is 8.18. The molecule has 0 spiro atoms. The highest BCUT2D eigenvalue weighted by Crippen LogP contribution is 2.46. The quantitative estimate of drug-likeness (QED) is 0.791. The van der Waals surface area contributed by atoms with Crippen LogP contribution in [0.5, 0.6) is 0 Å². The molecule has 0 saturated heterocycles. The Bertz CT molecular complexity index is 350. The van der Waals surface area contributed by atoms with E-state index in [1.165, 1.54) is 30.4 Å². The van der Waals surface area contributed by atoms with Crippen molar-refractivity contribution in [3.8, 4) is 0 Å². The van der Waals surface area contributed by atoms with E-state index in [-0.39, 0.29) is 0 Å². The molecule has 0 radical (unpaired) electrons. The molecule has 1 heteroatoms. The van der Waals surface area contributed by atoms with Gasteiger partial charge in [-0.3, -0.25) is 0 Å². The second-order valence-corrected chi connectivity index (χ2v) is 5.81. The van der Waals surface area contributed by atoms with Gasteiger partial charge in [0.05, 0.1) is 0 Å². The Hall–Kier alpha value is -0.820. The smallest absolute Gasteiger partial charge is 0.000800 e. The van der Waals surface area contributed by atoms with Crippen LogP contribution in [0.2, 0.25) is 0 Å². The molecule has 1 saturated carbocycles. The molecule has 1 aromatic carbocycles. The third-order valence-electron chi connectivity index (χ3n) is 4.18. The number of rotatable bonds is 6. The van der Waals surface area contributed by atoms with Gasteiger partial charge in [0, 0.05) is 6.54 Å². The van der Waals surface area contributed by atoms with Crippen molar-refractivity contribution < 1.29 is 0 Å². The molecule has 1 atom stereocenters. The summed E-state index contributed by atoms with van der Waals surface area (Å²) in [5.41, 5.74) is 3.38. The Labute approximate surface area is 106 Å². The Balaban J connectivity index is 2.06. The standard InChI is InChI=1S/C16H25N/c1-4-13-5-7-14(8-6-13)11-16(2,12-17-3)15-9-10-15/h5-8,15,17H,4,9-12H2,1-3H3. The maximum Gasteiger partial charge on any atom is 0.000800 e. The molecule has 1 fully saturated rings. The molecule has 17 heavy (non-hydrogen) atoms. The van der Waals surface area contributed by atoms with Gasteiger partial charge in [0.2, 0.25) is 0 Å². The molecular weight excluding hydrogens is 206 g/mol. The molecule has 1 aliphatic carbocycles. The van der Waals surface area contributed by atoms with E-state index < -0.39 is 0 Å². The van der Waals surface area contributed by atoms with E-state index in [1.807, 2.05) is 0 Å². The van der Waals surface area contributed by atoms with Crippen molar-refractivity contribution in [3.05, 3.63) is 35.4 Å². The minimum absolute atomic E-state index is 0.447. The van der Waals surface area contributed by atoms with E-state index in [4.69, 9.17) is 0 Å². The maximum atomic E-state index is 3.37. The average Bonchev–Trinajstić information content (AvgIpc) is 3.14. The summed E-state index contributed by atoms with van der Waals surface area (Å²) in [6, 6.07) is 9.19. The summed E-state index contributed by atoms with van der Waals surface area (Å²) in [6.45, 7) is 5.78. The van der Waals surface area contributed by atoms with Crippen molar-refractivity contribution in [2.45, 2.75) is 39.5 Å². The SMILES string of the molecule is CCc1ccc(CC(C)(CNC)C2CC2)cc1. The molecule has 2 rings (SSSR count). The molecule has 0 aromatic heterocycles. The predicted octanol–water partition coefficient (Wildman–Crippen LogP) is 3.43. The Morgan fingerprint density at radius 2 is 1.76 bits per heavy atom. The van der Waals surface area contributed by atoms with E-state index in [2.05, 4.69) is 50.5 Å². The molecule has 1 N–H and O–H groups in total.